The number of anilines is 1. The molecule has 2 aromatic carbocycles. The van der Waals surface area contributed by atoms with Gasteiger partial charge in [-0.1, -0.05) is 30.3 Å². The van der Waals surface area contributed by atoms with Crippen molar-refractivity contribution in [1.29, 1.82) is 0 Å². The lowest BCUT2D eigenvalue weighted by Gasteiger charge is -2.21. The first-order valence-electron chi connectivity index (χ1n) is 11.8. The molecule has 3 N–H and O–H groups in total. The fourth-order valence-corrected chi connectivity index (χ4v) is 4.53. The molecule has 0 bridgehead atoms. The van der Waals surface area contributed by atoms with Crippen LogP contribution in [0.25, 0.3) is 5.69 Å². The zero-order valence-electron chi connectivity index (χ0n) is 20.6. The summed E-state index contributed by atoms with van der Waals surface area (Å²) in [5, 5.41) is 13.0. The van der Waals surface area contributed by atoms with Gasteiger partial charge in [-0.05, 0) is 36.8 Å². The summed E-state index contributed by atoms with van der Waals surface area (Å²) in [6.07, 6.45) is 0. The van der Waals surface area contributed by atoms with Gasteiger partial charge in [-0.25, -0.2) is 13.9 Å². The maximum atomic E-state index is 13.5. The minimum absolute atomic E-state index is 0.0187. The molecule has 36 heavy (non-hydrogen) atoms. The van der Waals surface area contributed by atoms with Gasteiger partial charge in [0.05, 0.1) is 18.3 Å². The lowest BCUT2D eigenvalue weighted by Crippen LogP contribution is -2.42. The predicted molar refractivity (Wildman–Crippen MR) is 135 cm³/mol. The topological polar surface area (TPSA) is 101 Å². The van der Waals surface area contributed by atoms with Crippen LogP contribution in [0.3, 0.4) is 0 Å². The molecule has 0 aliphatic carbocycles. The number of nitrogens with zero attached hydrogens (tertiary/aromatic N) is 3. The first-order chi connectivity index (χ1) is 17.4. The zero-order chi connectivity index (χ0) is 25.7. The van der Waals surface area contributed by atoms with E-state index in [4.69, 9.17) is 4.74 Å². The number of aromatic nitrogens is 2. The summed E-state index contributed by atoms with van der Waals surface area (Å²) < 4.78 is 20.3. The molecule has 3 aromatic rings. The normalized spacial score (nSPS) is 17.7. The third-order valence-corrected chi connectivity index (χ3v) is 6.42. The van der Waals surface area contributed by atoms with Crippen LogP contribution in [-0.2, 0) is 4.74 Å². The van der Waals surface area contributed by atoms with Crippen LogP contribution in [0.1, 0.15) is 27.5 Å². The lowest BCUT2D eigenvalue weighted by atomic mass is 9.94. The Balaban J connectivity index is 1.57. The number of rotatable bonds is 8. The van der Waals surface area contributed by atoms with E-state index in [-0.39, 0.29) is 29.4 Å². The monoisotopic (exact) mass is 494 g/mol. The molecule has 0 spiro atoms. The number of nitrogens with one attached hydrogen (secondary N) is 3. The van der Waals surface area contributed by atoms with Crippen molar-refractivity contribution in [2.75, 3.05) is 45.7 Å². The van der Waals surface area contributed by atoms with Gasteiger partial charge in [-0.15, -0.1) is 0 Å². The quantitative estimate of drug-likeness (QED) is 0.447. The largest absolute Gasteiger partial charge is 0.383 e. The fourth-order valence-electron chi connectivity index (χ4n) is 4.53. The van der Waals surface area contributed by atoms with Crippen molar-refractivity contribution in [3.05, 3.63) is 77.2 Å². The van der Waals surface area contributed by atoms with E-state index >= 15 is 0 Å². The number of hydrogen-bond acceptors (Lipinski definition) is 5. The second-order valence-corrected chi connectivity index (χ2v) is 8.76. The molecule has 1 aromatic heterocycles. The Labute approximate surface area is 209 Å². The summed E-state index contributed by atoms with van der Waals surface area (Å²) in [5.41, 5.74) is 2.44. The molecule has 2 atom stereocenters. The van der Waals surface area contributed by atoms with Gasteiger partial charge in [-0.2, -0.15) is 5.10 Å². The minimum atomic E-state index is -0.413. The first kappa shape index (κ1) is 25.3. The van der Waals surface area contributed by atoms with Crippen LogP contribution >= 0.6 is 0 Å². The molecule has 4 rings (SSSR count). The third-order valence-electron chi connectivity index (χ3n) is 6.42. The van der Waals surface area contributed by atoms with Crippen molar-refractivity contribution in [2.45, 2.75) is 18.9 Å². The molecular formula is C26H31FN6O3. The molecule has 0 saturated carbocycles. The number of carbonyl (C=O) groups is 2. The molecule has 3 amide bonds. The van der Waals surface area contributed by atoms with E-state index in [1.807, 2.05) is 30.3 Å². The highest BCUT2D eigenvalue weighted by atomic mass is 19.1. The molecule has 1 aliphatic heterocycles. The van der Waals surface area contributed by atoms with Crippen molar-refractivity contribution >= 4 is 17.8 Å². The second kappa shape index (κ2) is 11.3. The number of halogens is 1. The number of ether oxygens (including phenoxy) is 1. The molecule has 2 unspecified atom stereocenters. The van der Waals surface area contributed by atoms with Crippen molar-refractivity contribution in [3.63, 3.8) is 0 Å². The minimum Gasteiger partial charge on any atom is -0.383 e. The van der Waals surface area contributed by atoms with E-state index < -0.39 is 6.03 Å². The first-order valence-corrected chi connectivity index (χ1v) is 11.8. The maximum Gasteiger partial charge on any atom is 0.320 e. The van der Waals surface area contributed by atoms with Crippen LogP contribution in [0.15, 0.2) is 54.6 Å². The predicted octanol–water partition coefficient (Wildman–Crippen LogP) is 2.92. The van der Waals surface area contributed by atoms with Gasteiger partial charge in [0.1, 0.15) is 11.6 Å². The zero-order valence-corrected chi connectivity index (χ0v) is 20.6. The maximum absolute atomic E-state index is 13.5. The van der Waals surface area contributed by atoms with Gasteiger partial charge in [0, 0.05) is 45.3 Å². The van der Waals surface area contributed by atoms with Gasteiger partial charge in [-0.3, -0.25) is 15.0 Å². The smallest absolute Gasteiger partial charge is 0.320 e. The van der Waals surface area contributed by atoms with Crippen LogP contribution < -0.4 is 16.0 Å². The van der Waals surface area contributed by atoms with E-state index in [9.17, 15) is 14.0 Å². The summed E-state index contributed by atoms with van der Waals surface area (Å²) in [4.78, 5) is 27.8. The summed E-state index contributed by atoms with van der Waals surface area (Å²) >= 11 is 0. The van der Waals surface area contributed by atoms with Gasteiger partial charge in [0.15, 0.2) is 5.69 Å². The molecule has 2 heterocycles. The summed E-state index contributed by atoms with van der Waals surface area (Å²) in [6, 6.07) is 15.1. The molecule has 9 nitrogen and oxygen atoms in total. The average Bonchev–Trinajstić information content (AvgIpc) is 3.44. The van der Waals surface area contributed by atoms with E-state index in [1.54, 1.807) is 30.8 Å². The summed E-state index contributed by atoms with van der Waals surface area (Å²) in [6.45, 7) is 4.38. The number of para-hydroxylation sites is 1. The van der Waals surface area contributed by atoms with Crippen LogP contribution in [-0.4, -0.2) is 73.1 Å². The number of hydrogen-bond donors (Lipinski definition) is 3. The van der Waals surface area contributed by atoms with E-state index in [0.29, 0.717) is 36.8 Å². The SMILES string of the molecule is CNC(=O)c1nn(-c2ccccc2)c(NC(=O)NC2CN(CCOC)CC2c2ccc(F)cc2)c1C. The molecule has 10 heteroatoms. The van der Waals surface area contributed by atoms with Crippen molar-refractivity contribution < 1.29 is 18.7 Å². The third kappa shape index (κ3) is 5.55. The standard InChI is InChI=1S/C26H31FN6O3/c1-17-23(25(34)28-2)31-33(20-7-5-4-6-8-20)24(17)30-26(35)29-22-16-32(13-14-36-3)15-21(22)18-9-11-19(27)12-10-18/h4-12,21-22H,13-16H2,1-3H3,(H,28,34)(H2,29,30,35). The Kier molecular flexibility index (Phi) is 7.97. The van der Waals surface area contributed by atoms with E-state index in [2.05, 4.69) is 25.9 Å². The molecule has 1 aliphatic rings. The second-order valence-electron chi connectivity index (χ2n) is 8.76. The van der Waals surface area contributed by atoms with Crippen molar-refractivity contribution in [2.24, 2.45) is 0 Å². The molecule has 190 valence electrons. The Morgan fingerprint density at radius 1 is 1.11 bits per heavy atom. The van der Waals surface area contributed by atoms with Gasteiger partial charge >= 0.3 is 6.03 Å². The lowest BCUT2D eigenvalue weighted by molar-refractivity contribution is 0.0957. The summed E-state index contributed by atoms with van der Waals surface area (Å²) in [7, 11) is 3.19. The van der Waals surface area contributed by atoms with Gasteiger partial charge in [0.25, 0.3) is 5.91 Å². The van der Waals surface area contributed by atoms with Gasteiger partial charge in [0.2, 0.25) is 0 Å². The fraction of sp³-hybridized carbons (Fsp3) is 0.346. The molecule has 1 saturated heterocycles. The number of benzene rings is 2. The molecular weight excluding hydrogens is 463 g/mol. The van der Waals surface area contributed by atoms with Crippen LogP contribution in [0, 0.1) is 12.7 Å². The van der Waals surface area contributed by atoms with Crippen LogP contribution in [0.2, 0.25) is 0 Å². The van der Waals surface area contributed by atoms with Crippen LogP contribution in [0.5, 0.6) is 0 Å². The summed E-state index contributed by atoms with van der Waals surface area (Å²) in [5.74, 6) is -0.252. The highest BCUT2D eigenvalue weighted by Gasteiger charge is 2.35. The van der Waals surface area contributed by atoms with Crippen molar-refractivity contribution in [1.82, 2.24) is 25.3 Å². The number of methoxy groups -OCH3 is 1. The highest BCUT2D eigenvalue weighted by Crippen LogP contribution is 2.29. The number of amides is 3. The highest BCUT2D eigenvalue weighted by molar-refractivity contribution is 5.97. The van der Waals surface area contributed by atoms with E-state index in [0.717, 1.165) is 12.1 Å². The van der Waals surface area contributed by atoms with Crippen LogP contribution in [0.4, 0.5) is 15.0 Å². The van der Waals surface area contributed by atoms with Crippen molar-refractivity contribution in [3.8, 4) is 5.69 Å². The number of urea groups is 1. The Morgan fingerprint density at radius 3 is 2.50 bits per heavy atom. The number of carbonyl (C=O) groups excluding carboxylic acids is 2. The Bertz CT molecular complexity index is 1200. The molecule has 0 radical (unpaired) electrons. The van der Waals surface area contributed by atoms with E-state index in [1.165, 1.54) is 19.2 Å². The Morgan fingerprint density at radius 2 is 1.83 bits per heavy atom. The number of likely N-dealkylation sites (tertiary alicyclic amines) is 1. The Hall–Kier alpha value is -3.76. The molecule has 1 fully saturated rings. The average molecular weight is 495 g/mol. The van der Waals surface area contributed by atoms with Gasteiger partial charge < -0.3 is 15.4 Å².